The summed E-state index contributed by atoms with van der Waals surface area (Å²) >= 11 is 0. The second-order valence-corrected chi connectivity index (χ2v) is 6.30. The number of aromatic nitrogens is 1. The molecule has 0 bridgehead atoms. The van der Waals surface area contributed by atoms with Crippen molar-refractivity contribution in [1.29, 1.82) is 0 Å². The summed E-state index contributed by atoms with van der Waals surface area (Å²) in [6.45, 7) is 3.41. The van der Waals surface area contributed by atoms with Crippen molar-refractivity contribution in [3.63, 3.8) is 0 Å². The second-order valence-electron chi connectivity index (χ2n) is 6.30. The Hall–Kier alpha value is -2.07. The summed E-state index contributed by atoms with van der Waals surface area (Å²) in [5, 5.41) is 3.36. The Labute approximate surface area is 136 Å². The van der Waals surface area contributed by atoms with Gasteiger partial charge in [-0.15, -0.1) is 0 Å². The summed E-state index contributed by atoms with van der Waals surface area (Å²) in [5.74, 6) is 2.47. The summed E-state index contributed by atoms with van der Waals surface area (Å²) in [7, 11) is 0. The number of pyridine rings is 1. The standard InChI is InChI=1S/C19H22N2O2/c1-2-6-18(23-13-14-7-9-22-12-14)17(5-1)16-10-15-4-3-8-20-19(15)21-11-16/h1-2,5-6,10-11,14H,3-4,7-9,12-13H2,(H,20,21). The first kappa shape index (κ1) is 14.5. The minimum absolute atomic E-state index is 0.508. The molecule has 3 heterocycles. The van der Waals surface area contributed by atoms with Crippen LogP contribution in [0.25, 0.3) is 11.1 Å². The molecule has 23 heavy (non-hydrogen) atoms. The largest absolute Gasteiger partial charge is 0.493 e. The van der Waals surface area contributed by atoms with Crippen LogP contribution in [0.1, 0.15) is 18.4 Å². The summed E-state index contributed by atoms with van der Waals surface area (Å²) < 4.78 is 11.5. The summed E-state index contributed by atoms with van der Waals surface area (Å²) in [6, 6.07) is 10.5. The van der Waals surface area contributed by atoms with E-state index < -0.39 is 0 Å². The Bertz CT molecular complexity index is 681. The number of fused-ring (bicyclic) bond motifs is 1. The van der Waals surface area contributed by atoms with Crippen LogP contribution in [0.15, 0.2) is 36.5 Å². The highest BCUT2D eigenvalue weighted by Crippen LogP contribution is 2.33. The Kier molecular flexibility index (Phi) is 4.16. The van der Waals surface area contributed by atoms with Crippen molar-refractivity contribution >= 4 is 5.82 Å². The third-order valence-corrected chi connectivity index (χ3v) is 4.58. The SMILES string of the molecule is c1ccc(-c2cnc3c(c2)CCCN3)c(OCC2CCOC2)c1. The van der Waals surface area contributed by atoms with Gasteiger partial charge in [-0.3, -0.25) is 0 Å². The number of nitrogens with zero attached hydrogens (tertiary/aromatic N) is 1. The Morgan fingerprint density at radius 3 is 3.17 bits per heavy atom. The number of hydrogen-bond donors (Lipinski definition) is 1. The quantitative estimate of drug-likeness (QED) is 0.938. The molecule has 2 aromatic rings. The van der Waals surface area contributed by atoms with Gasteiger partial charge in [-0.1, -0.05) is 18.2 Å². The maximum absolute atomic E-state index is 6.10. The maximum atomic E-state index is 6.10. The predicted molar refractivity (Wildman–Crippen MR) is 90.9 cm³/mol. The van der Waals surface area contributed by atoms with E-state index in [-0.39, 0.29) is 0 Å². The molecule has 1 unspecified atom stereocenters. The van der Waals surface area contributed by atoms with E-state index in [1.54, 1.807) is 0 Å². The second kappa shape index (κ2) is 6.59. The zero-order chi connectivity index (χ0) is 15.5. The van der Waals surface area contributed by atoms with E-state index in [1.807, 2.05) is 18.3 Å². The lowest BCUT2D eigenvalue weighted by atomic mass is 10.0. The average molecular weight is 310 g/mol. The molecule has 0 spiro atoms. The van der Waals surface area contributed by atoms with Gasteiger partial charge in [0.05, 0.1) is 13.2 Å². The lowest BCUT2D eigenvalue weighted by Gasteiger charge is -2.18. The smallest absolute Gasteiger partial charge is 0.129 e. The molecule has 4 rings (SSSR count). The number of ether oxygens (including phenoxy) is 2. The lowest BCUT2D eigenvalue weighted by molar-refractivity contribution is 0.167. The van der Waals surface area contributed by atoms with Crippen LogP contribution in [0, 0.1) is 5.92 Å². The fraction of sp³-hybridized carbons (Fsp3) is 0.421. The van der Waals surface area contributed by atoms with Crippen LogP contribution in [0.4, 0.5) is 5.82 Å². The van der Waals surface area contributed by atoms with Gasteiger partial charge in [0, 0.05) is 36.4 Å². The van der Waals surface area contributed by atoms with Crippen molar-refractivity contribution in [1.82, 2.24) is 4.98 Å². The Balaban J connectivity index is 1.58. The summed E-state index contributed by atoms with van der Waals surface area (Å²) in [6.07, 6.45) is 5.29. The number of nitrogens with one attached hydrogen (secondary N) is 1. The van der Waals surface area contributed by atoms with Crippen molar-refractivity contribution < 1.29 is 9.47 Å². The van der Waals surface area contributed by atoms with Gasteiger partial charge in [0.1, 0.15) is 11.6 Å². The third-order valence-electron chi connectivity index (χ3n) is 4.58. The topological polar surface area (TPSA) is 43.4 Å². The molecule has 120 valence electrons. The molecule has 1 aromatic heterocycles. The number of anilines is 1. The molecule has 2 aliphatic rings. The van der Waals surface area contributed by atoms with Gasteiger partial charge >= 0.3 is 0 Å². The van der Waals surface area contributed by atoms with Gasteiger partial charge in [0.15, 0.2) is 0 Å². The molecule has 1 atom stereocenters. The highest BCUT2D eigenvalue weighted by Gasteiger charge is 2.18. The fourth-order valence-electron chi connectivity index (χ4n) is 3.25. The van der Waals surface area contributed by atoms with Crippen LogP contribution in [0.2, 0.25) is 0 Å². The van der Waals surface area contributed by atoms with E-state index in [2.05, 4.69) is 28.5 Å². The fourth-order valence-corrected chi connectivity index (χ4v) is 3.25. The van der Waals surface area contributed by atoms with Crippen LogP contribution >= 0.6 is 0 Å². The highest BCUT2D eigenvalue weighted by molar-refractivity contribution is 5.72. The minimum Gasteiger partial charge on any atom is -0.493 e. The van der Waals surface area contributed by atoms with Gasteiger partial charge in [-0.2, -0.15) is 0 Å². The molecule has 0 aliphatic carbocycles. The van der Waals surface area contributed by atoms with Crippen molar-refractivity contribution in [2.24, 2.45) is 5.92 Å². The molecule has 2 aliphatic heterocycles. The molecule has 1 aromatic carbocycles. The number of hydrogen-bond acceptors (Lipinski definition) is 4. The number of aryl methyl sites for hydroxylation is 1. The van der Waals surface area contributed by atoms with Crippen LogP contribution in [0.3, 0.4) is 0 Å². The van der Waals surface area contributed by atoms with Gasteiger partial charge in [-0.05, 0) is 37.0 Å². The number of rotatable bonds is 4. The van der Waals surface area contributed by atoms with Gasteiger partial charge in [0.2, 0.25) is 0 Å². The van der Waals surface area contributed by atoms with E-state index in [0.717, 1.165) is 68.3 Å². The average Bonchev–Trinajstić information content (AvgIpc) is 3.13. The molecule has 0 amide bonds. The molecular weight excluding hydrogens is 288 g/mol. The summed E-state index contributed by atoms with van der Waals surface area (Å²) in [5.41, 5.74) is 3.55. The monoisotopic (exact) mass is 310 g/mol. The normalized spacial score (nSPS) is 19.9. The van der Waals surface area contributed by atoms with Crippen molar-refractivity contribution in [2.45, 2.75) is 19.3 Å². The van der Waals surface area contributed by atoms with E-state index in [4.69, 9.17) is 9.47 Å². The van der Waals surface area contributed by atoms with Crippen LogP contribution < -0.4 is 10.1 Å². The Morgan fingerprint density at radius 1 is 1.30 bits per heavy atom. The molecule has 4 heteroatoms. The van der Waals surface area contributed by atoms with Crippen LogP contribution in [-0.2, 0) is 11.2 Å². The van der Waals surface area contributed by atoms with Crippen molar-refractivity contribution in [3.05, 3.63) is 42.1 Å². The summed E-state index contributed by atoms with van der Waals surface area (Å²) in [4.78, 5) is 4.59. The third kappa shape index (κ3) is 3.17. The lowest BCUT2D eigenvalue weighted by Crippen LogP contribution is -2.13. The highest BCUT2D eigenvalue weighted by atomic mass is 16.5. The van der Waals surface area contributed by atoms with Crippen molar-refractivity contribution in [2.75, 3.05) is 31.7 Å². The molecule has 1 fully saturated rings. The molecule has 0 saturated carbocycles. The van der Waals surface area contributed by atoms with Gasteiger partial charge in [-0.25, -0.2) is 4.98 Å². The molecule has 1 saturated heterocycles. The van der Waals surface area contributed by atoms with Gasteiger partial charge < -0.3 is 14.8 Å². The number of para-hydroxylation sites is 1. The minimum atomic E-state index is 0.508. The van der Waals surface area contributed by atoms with E-state index in [1.165, 1.54) is 5.56 Å². The zero-order valence-corrected chi connectivity index (χ0v) is 13.3. The Morgan fingerprint density at radius 2 is 2.26 bits per heavy atom. The van der Waals surface area contributed by atoms with E-state index in [9.17, 15) is 0 Å². The molecule has 0 radical (unpaired) electrons. The van der Waals surface area contributed by atoms with E-state index >= 15 is 0 Å². The molecule has 4 nitrogen and oxygen atoms in total. The first-order chi connectivity index (χ1) is 11.4. The zero-order valence-electron chi connectivity index (χ0n) is 13.3. The van der Waals surface area contributed by atoms with Crippen LogP contribution in [-0.4, -0.2) is 31.3 Å². The number of benzene rings is 1. The molecule has 1 N–H and O–H groups in total. The van der Waals surface area contributed by atoms with Crippen LogP contribution in [0.5, 0.6) is 5.75 Å². The predicted octanol–water partition coefficient (Wildman–Crippen LogP) is 3.52. The van der Waals surface area contributed by atoms with Crippen molar-refractivity contribution in [3.8, 4) is 16.9 Å². The molecular formula is C19H22N2O2. The first-order valence-corrected chi connectivity index (χ1v) is 8.43. The maximum Gasteiger partial charge on any atom is 0.129 e. The first-order valence-electron chi connectivity index (χ1n) is 8.43. The van der Waals surface area contributed by atoms with Gasteiger partial charge in [0.25, 0.3) is 0 Å². The van der Waals surface area contributed by atoms with E-state index in [0.29, 0.717) is 5.92 Å².